The van der Waals surface area contributed by atoms with Crippen LogP contribution in [-0.4, -0.2) is 5.71 Å². The summed E-state index contributed by atoms with van der Waals surface area (Å²) in [6.45, 7) is 8.62. The largest absolute Gasteiger partial charge is 0.261 e. The molecule has 1 aromatic rings. The molecule has 92 valence electrons. The number of allylic oxidation sites excluding steroid dienone is 1. The maximum absolute atomic E-state index is 4.53. The third-order valence-corrected chi connectivity index (χ3v) is 3.64. The maximum atomic E-state index is 4.53. The van der Waals surface area contributed by atoms with Gasteiger partial charge in [0.1, 0.15) is 0 Å². The van der Waals surface area contributed by atoms with Crippen molar-refractivity contribution in [1.29, 1.82) is 0 Å². The van der Waals surface area contributed by atoms with Gasteiger partial charge >= 0.3 is 0 Å². The van der Waals surface area contributed by atoms with Crippen LogP contribution < -0.4 is 0 Å². The van der Waals surface area contributed by atoms with Crippen molar-refractivity contribution in [2.24, 2.45) is 10.9 Å². The summed E-state index contributed by atoms with van der Waals surface area (Å²) in [6.07, 6.45) is 3.15. The predicted molar refractivity (Wildman–Crippen MR) is 79.6 cm³/mol. The van der Waals surface area contributed by atoms with Crippen molar-refractivity contribution in [3.63, 3.8) is 0 Å². The Hall–Kier alpha value is -0.890. The predicted octanol–water partition coefficient (Wildman–Crippen LogP) is 5.21. The molecular formula is C15H20BrN. The Morgan fingerprint density at radius 2 is 1.88 bits per heavy atom. The van der Waals surface area contributed by atoms with E-state index in [4.69, 9.17) is 0 Å². The van der Waals surface area contributed by atoms with Gasteiger partial charge in [-0.1, -0.05) is 47.5 Å². The molecule has 0 N–H and O–H groups in total. The zero-order valence-electron chi connectivity index (χ0n) is 11.0. The lowest BCUT2D eigenvalue weighted by Crippen LogP contribution is -1.95. The van der Waals surface area contributed by atoms with E-state index in [0.717, 1.165) is 16.6 Å². The molecule has 17 heavy (non-hydrogen) atoms. The Balaban J connectivity index is 2.82. The monoisotopic (exact) mass is 293 g/mol. The number of hydrogen-bond acceptors (Lipinski definition) is 1. The van der Waals surface area contributed by atoms with Crippen LogP contribution in [0.3, 0.4) is 0 Å². The first-order valence-electron chi connectivity index (χ1n) is 6.01. The number of aliphatic imine (C=N–C) groups is 1. The topological polar surface area (TPSA) is 12.4 Å². The number of halogens is 1. The van der Waals surface area contributed by atoms with Crippen LogP contribution in [0.5, 0.6) is 0 Å². The standard InChI is InChI=1S/C15H20BrN/c1-5-11(2)12(3)10-17-13(4)14-6-8-15(16)9-7-14/h6-11H,5H2,1-4H3/b12-10-,17-13+. The number of benzene rings is 1. The van der Waals surface area contributed by atoms with Crippen molar-refractivity contribution >= 4 is 21.6 Å². The fourth-order valence-corrected chi connectivity index (χ4v) is 1.68. The van der Waals surface area contributed by atoms with E-state index in [1.807, 2.05) is 25.3 Å². The highest BCUT2D eigenvalue weighted by molar-refractivity contribution is 9.10. The fraction of sp³-hybridized carbons (Fsp3) is 0.400. The second kappa shape index (κ2) is 6.75. The van der Waals surface area contributed by atoms with Crippen LogP contribution in [-0.2, 0) is 0 Å². The lowest BCUT2D eigenvalue weighted by atomic mass is 10.0. The number of nitrogens with zero attached hydrogens (tertiary/aromatic N) is 1. The molecule has 0 spiro atoms. The van der Waals surface area contributed by atoms with E-state index in [-0.39, 0.29) is 0 Å². The summed E-state index contributed by atoms with van der Waals surface area (Å²) in [5.41, 5.74) is 3.56. The first kappa shape index (κ1) is 14.2. The van der Waals surface area contributed by atoms with Crippen molar-refractivity contribution < 1.29 is 0 Å². The lowest BCUT2D eigenvalue weighted by molar-refractivity contribution is 0.653. The quantitative estimate of drug-likeness (QED) is 0.676. The Labute approximate surface area is 113 Å². The Bertz CT molecular complexity index is 415. The number of hydrogen-bond donors (Lipinski definition) is 0. The fourth-order valence-electron chi connectivity index (χ4n) is 1.41. The van der Waals surface area contributed by atoms with Crippen LogP contribution in [0.4, 0.5) is 0 Å². The van der Waals surface area contributed by atoms with Gasteiger partial charge in [-0.15, -0.1) is 0 Å². The molecule has 0 saturated carbocycles. The van der Waals surface area contributed by atoms with Crippen LogP contribution in [0, 0.1) is 5.92 Å². The molecule has 0 aliphatic heterocycles. The molecule has 0 radical (unpaired) electrons. The van der Waals surface area contributed by atoms with E-state index in [2.05, 4.69) is 53.8 Å². The zero-order chi connectivity index (χ0) is 12.8. The van der Waals surface area contributed by atoms with Gasteiger partial charge in [-0.25, -0.2) is 0 Å². The minimum atomic E-state index is 0.608. The summed E-state index contributed by atoms with van der Waals surface area (Å²) < 4.78 is 1.10. The van der Waals surface area contributed by atoms with Gasteiger partial charge in [-0.3, -0.25) is 4.99 Å². The SMILES string of the molecule is CCC(C)/C(C)=C\N=C(/C)c1ccc(Br)cc1. The third kappa shape index (κ3) is 4.47. The van der Waals surface area contributed by atoms with Crippen LogP contribution in [0.1, 0.15) is 39.7 Å². The molecule has 1 aromatic carbocycles. The second-order valence-electron chi connectivity index (χ2n) is 4.40. The van der Waals surface area contributed by atoms with E-state index in [9.17, 15) is 0 Å². The highest BCUT2D eigenvalue weighted by atomic mass is 79.9. The highest BCUT2D eigenvalue weighted by Crippen LogP contribution is 2.14. The highest BCUT2D eigenvalue weighted by Gasteiger charge is 2.00. The van der Waals surface area contributed by atoms with Crippen LogP contribution >= 0.6 is 15.9 Å². The van der Waals surface area contributed by atoms with Crippen LogP contribution in [0.25, 0.3) is 0 Å². The van der Waals surface area contributed by atoms with Gasteiger partial charge < -0.3 is 0 Å². The molecule has 1 atom stereocenters. The average molecular weight is 294 g/mol. The third-order valence-electron chi connectivity index (χ3n) is 3.11. The van der Waals surface area contributed by atoms with E-state index < -0.39 is 0 Å². The molecule has 0 fully saturated rings. The van der Waals surface area contributed by atoms with Gasteiger partial charge in [0, 0.05) is 16.4 Å². The first-order chi connectivity index (χ1) is 8.04. The second-order valence-corrected chi connectivity index (χ2v) is 5.32. The molecule has 2 heteroatoms. The molecule has 0 saturated heterocycles. The summed E-state index contributed by atoms with van der Waals surface area (Å²) in [5, 5.41) is 0. The Morgan fingerprint density at radius 1 is 1.29 bits per heavy atom. The first-order valence-corrected chi connectivity index (χ1v) is 6.81. The minimum absolute atomic E-state index is 0.608. The zero-order valence-corrected chi connectivity index (χ0v) is 12.6. The van der Waals surface area contributed by atoms with Crippen LogP contribution in [0.2, 0.25) is 0 Å². The van der Waals surface area contributed by atoms with Crippen molar-refractivity contribution in [1.82, 2.24) is 0 Å². The molecule has 1 rings (SSSR count). The molecule has 0 aliphatic rings. The van der Waals surface area contributed by atoms with Gasteiger partial charge in [-0.05, 0) is 43.9 Å². The molecule has 0 amide bonds. The molecule has 1 unspecified atom stereocenters. The van der Waals surface area contributed by atoms with Crippen molar-refractivity contribution in [3.8, 4) is 0 Å². The van der Waals surface area contributed by atoms with Gasteiger partial charge in [0.15, 0.2) is 0 Å². The molecule has 1 nitrogen and oxygen atoms in total. The summed E-state index contributed by atoms with van der Waals surface area (Å²) in [5.74, 6) is 0.608. The number of rotatable bonds is 4. The van der Waals surface area contributed by atoms with E-state index in [1.165, 1.54) is 11.1 Å². The van der Waals surface area contributed by atoms with Crippen LogP contribution in [0.15, 0.2) is 45.5 Å². The molecular weight excluding hydrogens is 274 g/mol. The van der Waals surface area contributed by atoms with E-state index in [0.29, 0.717) is 5.92 Å². The van der Waals surface area contributed by atoms with Crippen molar-refractivity contribution in [2.75, 3.05) is 0 Å². The minimum Gasteiger partial charge on any atom is -0.261 e. The summed E-state index contributed by atoms with van der Waals surface area (Å²) in [4.78, 5) is 4.53. The molecule has 0 aromatic heterocycles. The van der Waals surface area contributed by atoms with Crippen molar-refractivity contribution in [3.05, 3.63) is 46.1 Å². The van der Waals surface area contributed by atoms with E-state index >= 15 is 0 Å². The summed E-state index contributed by atoms with van der Waals surface area (Å²) >= 11 is 3.43. The lowest BCUT2D eigenvalue weighted by Gasteiger charge is -2.07. The Kier molecular flexibility index (Phi) is 5.63. The van der Waals surface area contributed by atoms with Gasteiger partial charge in [0.25, 0.3) is 0 Å². The van der Waals surface area contributed by atoms with E-state index in [1.54, 1.807) is 0 Å². The maximum Gasteiger partial charge on any atom is 0.0444 e. The molecule has 0 bridgehead atoms. The summed E-state index contributed by atoms with van der Waals surface area (Å²) in [7, 11) is 0. The smallest absolute Gasteiger partial charge is 0.0444 e. The van der Waals surface area contributed by atoms with Gasteiger partial charge in [0.05, 0.1) is 0 Å². The molecule has 0 aliphatic carbocycles. The van der Waals surface area contributed by atoms with Crippen molar-refractivity contribution in [2.45, 2.75) is 34.1 Å². The average Bonchev–Trinajstić information content (AvgIpc) is 2.35. The molecule has 0 heterocycles. The normalized spacial score (nSPS) is 14.9. The Morgan fingerprint density at radius 3 is 2.41 bits per heavy atom. The van der Waals surface area contributed by atoms with Gasteiger partial charge in [0.2, 0.25) is 0 Å². The van der Waals surface area contributed by atoms with Gasteiger partial charge in [-0.2, -0.15) is 0 Å². The summed E-state index contributed by atoms with van der Waals surface area (Å²) in [6, 6.07) is 8.24.